The zero-order valence-electron chi connectivity index (χ0n) is 12.9. The lowest BCUT2D eigenvalue weighted by Gasteiger charge is -2.17. The number of hydrogen-bond donors (Lipinski definition) is 1. The molecule has 9 heteroatoms. The summed E-state index contributed by atoms with van der Waals surface area (Å²) >= 11 is 0. The molecule has 0 saturated heterocycles. The van der Waals surface area contributed by atoms with Gasteiger partial charge in [-0.15, -0.1) is 0 Å². The van der Waals surface area contributed by atoms with Gasteiger partial charge in [0.05, 0.1) is 11.1 Å². The van der Waals surface area contributed by atoms with Gasteiger partial charge in [-0.2, -0.15) is 26.3 Å². The molecule has 0 aliphatic carbocycles. The molecule has 0 amide bonds. The number of likely N-dealkylation sites (N-methyl/N-ethyl adjacent to an activating group) is 1. The Balaban J connectivity index is 2.62. The molecule has 0 spiro atoms. The Labute approximate surface area is 134 Å². The summed E-state index contributed by atoms with van der Waals surface area (Å²) < 4.78 is 78.2. The summed E-state index contributed by atoms with van der Waals surface area (Å²) in [6.07, 6.45) is -9.64. The smallest absolute Gasteiger partial charge is 0.383 e. The van der Waals surface area contributed by atoms with E-state index in [0.717, 1.165) is 18.2 Å². The van der Waals surface area contributed by atoms with E-state index in [0.29, 0.717) is 6.54 Å². The fourth-order valence-corrected chi connectivity index (χ4v) is 2.18. The number of hydrogen-bond acceptors (Lipinski definition) is 3. The van der Waals surface area contributed by atoms with Crippen LogP contribution in [0.15, 0.2) is 24.3 Å². The number of aromatic nitrogens is 1. The SMILES string of the molecule is CN(C)CCNc1cc(C(F)(F)F)nc2c(C(F)(F)F)cccc12. The zero-order chi connectivity index (χ0) is 18.1. The zero-order valence-corrected chi connectivity index (χ0v) is 12.9. The van der Waals surface area contributed by atoms with E-state index < -0.39 is 29.1 Å². The van der Waals surface area contributed by atoms with Gasteiger partial charge in [0.25, 0.3) is 0 Å². The molecule has 2 rings (SSSR count). The Kier molecular flexibility index (Phi) is 4.93. The number of alkyl halides is 6. The summed E-state index contributed by atoms with van der Waals surface area (Å²) in [5.74, 6) is 0. The molecule has 0 unspecified atom stereocenters. The Hall–Kier alpha value is -2.03. The molecule has 2 aromatic rings. The van der Waals surface area contributed by atoms with E-state index in [4.69, 9.17) is 0 Å². The topological polar surface area (TPSA) is 28.2 Å². The molecular formula is C15H15F6N3. The maximum absolute atomic E-state index is 13.1. The normalized spacial score (nSPS) is 12.9. The highest BCUT2D eigenvalue weighted by Gasteiger charge is 2.37. The van der Waals surface area contributed by atoms with E-state index in [2.05, 4.69) is 10.3 Å². The second-order valence-corrected chi connectivity index (χ2v) is 5.48. The molecule has 132 valence electrons. The van der Waals surface area contributed by atoms with Crippen LogP contribution in [0, 0.1) is 0 Å². The molecule has 24 heavy (non-hydrogen) atoms. The summed E-state index contributed by atoms with van der Waals surface area (Å²) in [6, 6.07) is 3.92. The number of halogens is 6. The predicted octanol–water partition coefficient (Wildman–Crippen LogP) is 4.25. The Bertz CT molecular complexity index is 721. The van der Waals surface area contributed by atoms with Crippen molar-refractivity contribution >= 4 is 16.6 Å². The number of anilines is 1. The van der Waals surface area contributed by atoms with Gasteiger partial charge in [-0.1, -0.05) is 12.1 Å². The van der Waals surface area contributed by atoms with E-state index in [1.807, 2.05) is 0 Å². The molecule has 1 aromatic heterocycles. The number of nitrogens with one attached hydrogen (secondary N) is 1. The Morgan fingerprint density at radius 1 is 1.04 bits per heavy atom. The largest absolute Gasteiger partial charge is 0.433 e. The van der Waals surface area contributed by atoms with Gasteiger partial charge in [0.1, 0.15) is 5.69 Å². The first-order valence-corrected chi connectivity index (χ1v) is 6.97. The third-order valence-electron chi connectivity index (χ3n) is 3.31. The Morgan fingerprint density at radius 3 is 2.25 bits per heavy atom. The van der Waals surface area contributed by atoms with Gasteiger partial charge in [-0.3, -0.25) is 0 Å². The van der Waals surface area contributed by atoms with E-state index in [1.54, 1.807) is 19.0 Å². The molecule has 0 atom stereocenters. The van der Waals surface area contributed by atoms with Crippen LogP contribution in [0.25, 0.3) is 10.9 Å². The summed E-state index contributed by atoms with van der Waals surface area (Å²) in [5, 5.41) is 2.76. The minimum Gasteiger partial charge on any atom is -0.383 e. The number of benzene rings is 1. The van der Waals surface area contributed by atoms with E-state index >= 15 is 0 Å². The first-order chi connectivity index (χ1) is 11.0. The molecule has 0 aliphatic heterocycles. The highest BCUT2D eigenvalue weighted by molar-refractivity contribution is 5.93. The molecule has 1 N–H and O–H groups in total. The van der Waals surface area contributed by atoms with Crippen molar-refractivity contribution in [1.29, 1.82) is 0 Å². The van der Waals surface area contributed by atoms with Gasteiger partial charge >= 0.3 is 12.4 Å². The summed E-state index contributed by atoms with van der Waals surface area (Å²) in [5.41, 5.74) is -3.30. The maximum Gasteiger partial charge on any atom is 0.433 e. The fourth-order valence-electron chi connectivity index (χ4n) is 2.18. The van der Waals surface area contributed by atoms with Gasteiger partial charge in [0.2, 0.25) is 0 Å². The van der Waals surface area contributed by atoms with E-state index in [-0.39, 0.29) is 17.6 Å². The highest BCUT2D eigenvalue weighted by atomic mass is 19.4. The van der Waals surface area contributed by atoms with Crippen molar-refractivity contribution in [2.75, 3.05) is 32.5 Å². The van der Waals surface area contributed by atoms with Crippen molar-refractivity contribution in [3.8, 4) is 0 Å². The number of rotatable bonds is 4. The van der Waals surface area contributed by atoms with Crippen molar-refractivity contribution in [3.05, 3.63) is 35.5 Å². The number of nitrogens with zero attached hydrogens (tertiary/aromatic N) is 2. The summed E-state index contributed by atoms with van der Waals surface area (Å²) in [4.78, 5) is 5.02. The summed E-state index contributed by atoms with van der Waals surface area (Å²) in [7, 11) is 3.55. The van der Waals surface area contributed by atoms with Gasteiger partial charge in [0.15, 0.2) is 0 Å². The number of fused-ring (bicyclic) bond motifs is 1. The summed E-state index contributed by atoms with van der Waals surface area (Å²) in [6.45, 7) is 0.782. The molecule has 0 radical (unpaired) electrons. The fraction of sp³-hybridized carbons (Fsp3) is 0.400. The minimum absolute atomic E-state index is 0.00317. The van der Waals surface area contributed by atoms with Crippen LogP contribution < -0.4 is 5.32 Å². The molecule has 3 nitrogen and oxygen atoms in total. The monoisotopic (exact) mass is 351 g/mol. The van der Waals surface area contributed by atoms with Crippen LogP contribution in [0.2, 0.25) is 0 Å². The quantitative estimate of drug-likeness (QED) is 0.835. The first kappa shape index (κ1) is 18.3. The van der Waals surface area contributed by atoms with Gasteiger partial charge in [-0.25, -0.2) is 4.98 Å². The Morgan fingerprint density at radius 2 is 1.71 bits per heavy atom. The van der Waals surface area contributed by atoms with Crippen molar-refractivity contribution in [2.24, 2.45) is 0 Å². The molecule has 0 fully saturated rings. The molecule has 0 bridgehead atoms. The average Bonchev–Trinajstić information content (AvgIpc) is 2.44. The van der Waals surface area contributed by atoms with Crippen LogP contribution in [-0.2, 0) is 12.4 Å². The van der Waals surface area contributed by atoms with Crippen molar-refractivity contribution in [1.82, 2.24) is 9.88 Å². The van der Waals surface area contributed by atoms with Crippen LogP contribution in [0.1, 0.15) is 11.3 Å². The lowest BCUT2D eigenvalue weighted by molar-refractivity contribution is -0.142. The highest BCUT2D eigenvalue weighted by Crippen LogP contribution is 2.38. The van der Waals surface area contributed by atoms with Gasteiger partial charge in [0, 0.05) is 24.2 Å². The molecule has 0 saturated carbocycles. The first-order valence-electron chi connectivity index (χ1n) is 6.97. The maximum atomic E-state index is 13.1. The van der Waals surface area contributed by atoms with Crippen LogP contribution in [0.4, 0.5) is 32.0 Å². The number of pyridine rings is 1. The second-order valence-electron chi connectivity index (χ2n) is 5.48. The van der Waals surface area contributed by atoms with Crippen molar-refractivity contribution < 1.29 is 26.3 Å². The van der Waals surface area contributed by atoms with Crippen LogP contribution >= 0.6 is 0 Å². The van der Waals surface area contributed by atoms with E-state index in [9.17, 15) is 26.3 Å². The van der Waals surface area contributed by atoms with Crippen molar-refractivity contribution in [2.45, 2.75) is 12.4 Å². The minimum atomic E-state index is -4.84. The second kappa shape index (κ2) is 6.46. The third-order valence-corrected chi connectivity index (χ3v) is 3.31. The van der Waals surface area contributed by atoms with Gasteiger partial charge in [-0.05, 0) is 26.2 Å². The molecule has 1 aromatic carbocycles. The van der Waals surface area contributed by atoms with Crippen molar-refractivity contribution in [3.63, 3.8) is 0 Å². The van der Waals surface area contributed by atoms with E-state index in [1.165, 1.54) is 6.07 Å². The van der Waals surface area contributed by atoms with Crippen LogP contribution in [0.5, 0.6) is 0 Å². The van der Waals surface area contributed by atoms with Gasteiger partial charge < -0.3 is 10.2 Å². The third kappa shape index (κ3) is 4.08. The average molecular weight is 351 g/mol. The van der Waals surface area contributed by atoms with Crippen LogP contribution in [-0.4, -0.2) is 37.1 Å². The molecule has 0 aliphatic rings. The lowest BCUT2D eigenvalue weighted by atomic mass is 10.1. The standard InChI is InChI=1S/C15H15F6N3/c1-24(2)7-6-22-11-8-12(15(19,20)21)23-13-9(11)4-3-5-10(13)14(16,17)18/h3-5,8H,6-7H2,1-2H3,(H,22,23). The lowest BCUT2D eigenvalue weighted by Crippen LogP contribution is -2.21. The molecular weight excluding hydrogens is 336 g/mol. The van der Waals surface area contributed by atoms with Crippen LogP contribution in [0.3, 0.4) is 0 Å². The predicted molar refractivity (Wildman–Crippen MR) is 78.8 cm³/mol. The molecule has 1 heterocycles. The number of para-hydroxylation sites is 1.